The van der Waals surface area contributed by atoms with Crippen molar-refractivity contribution in [3.8, 4) is 0 Å². The van der Waals surface area contributed by atoms with Crippen molar-refractivity contribution in [2.75, 3.05) is 5.32 Å². The van der Waals surface area contributed by atoms with Crippen LogP contribution in [0.25, 0.3) is 53.9 Å². The second kappa shape index (κ2) is 7.08. The van der Waals surface area contributed by atoms with Crippen molar-refractivity contribution in [3.05, 3.63) is 121 Å². The van der Waals surface area contributed by atoms with E-state index in [4.69, 9.17) is 0 Å². The third-order valence-electron chi connectivity index (χ3n) is 6.75. The molecule has 0 heterocycles. The molecule has 0 aliphatic rings. The number of para-hydroxylation sites is 1. The first-order chi connectivity index (χ1) is 16.3. The third-order valence-corrected chi connectivity index (χ3v) is 6.75. The number of hydrogen-bond donors (Lipinski definition) is 1. The van der Waals surface area contributed by atoms with E-state index in [1.54, 1.807) is 0 Å². The standard InChI is InChI=1S/C32H21N/c1-2-7-26(8-3-1)33-27-18-19-29-25(20-27)17-16-23-13-15-24-14-12-22-11-10-21-6-4-5-9-28(21)30(22)32(24)31(23)29/h1-20,33H. The topological polar surface area (TPSA) is 12.0 Å². The molecule has 0 aliphatic carbocycles. The van der Waals surface area contributed by atoms with Crippen molar-refractivity contribution in [2.24, 2.45) is 0 Å². The highest BCUT2D eigenvalue weighted by Crippen LogP contribution is 2.39. The van der Waals surface area contributed by atoms with Crippen molar-refractivity contribution < 1.29 is 0 Å². The number of fused-ring (bicyclic) bond motifs is 9. The lowest BCUT2D eigenvalue weighted by molar-refractivity contribution is 1.57. The molecule has 0 aromatic heterocycles. The quantitative estimate of drug-likeness (QED) is 0.275. The van der Waals surface area contributed by atoms with Gasteiger partial charge in [0, 0.05) is 11.4 Å². The number of rotatable bonds is 2. The van der Waals surface area contributed by atoms with Crippen LogP contribution >= 0.6 is 0 Å². The first-order valence-electron chi connectivity index (χ1n) is 11.4. The van der Waals surface area contributed by atoms with E-state index in [1.165, 1.54) is 53.9 Å². The van der Waals surface area contributed by atoms with Gasteiger partial charge in [0.2, 0.25) is 0 Å². The highest BCUT2D eigenvalue weighted by atomic mass is 14.9. The van der Waals surface area contributed by atoms with Gasteiger partial charge in [-0.2, -0.15) is 0 Å². The molecule has 0 atom stereocenters. The summed E-state index contributed by atoms with van der Waals surface area (Å²) < 4.78 is 0. The van der Waals surface area contributed by atoms with E-state index in [0.717, 1.165) is 11.4 Å². The smallest absolute Gasteiger partial charge is 0.0390 e. The molecule has 0 saturated carbocycles. The van der Waals surface area contributed by atoms with Crippen molar-refractivity contribution in [3.63, 3.8) is 0 Å². The van der Waals surface area contributed by atoms with Gasteiger partial charge in [-0.3, -0.25) is 0 Å². The molecule has 0 unspecified atom stereocenters. The summed E-state index contributed by atoms with van der Waals surface area (Å²) in [5, 5.41) is 16.5. The maximum Gasteiger partial charge on any atom is 0.0390 e. The third kappa shape index (κ3) is 2.86. The highest BCUT2D eigenvalue weighted by molar-refractivity contribution is 6.32. The van der Waals surface area contributed by atoms with Crippen LogP contribution in [0.5, 0.6) is 0 Å². The molecule has 0 fully saturated rings. The maximum atomic E-state index is 3.54. The summed E-state index contributed by atoms with van der Waals surface area (Å²) in [5.74, 6) is 0. The lowest BCUT2D eigenvalue weighted by Gasteiger charge is -2.14. The van der Waals surface area contributed by atoms with E-state index in [9.17, 15) is 0 Å². The highest BCUT2D eigenvalue weighted by Gasteiger charge is 2.11. The Bertz CT molecular complexity index is 1820. The Morgan fingerprint density at radius 3 is 1.61 bits per heavy atom. The summed E-state index contributed by atoms with van der Waals surface area (Å²) in [4.78, 5) is 0. The zero-order chi connectivity index (χ0) is 21.8. The fourth-order valence-electron chi connectivity index (χ4n) is 5.23. The molecule has 0 spiro atoms. The van der Waals surface area contributed by atoms with Gasteiger partial charge in [-0.25, -0.2) is 0 Å². The van der Waals surface area contributed by atoms with Crippen molar-refractivity contribution in [1.29, 1.82) is 0 Å². The van der Waals surface area contributed by atoms with Crippen LogP contribution in [0.3, 0.4) is 0 Å². The van der Waals surface area contributed by atoms with Crippen LogP contribution < -0.4 is 5.32 Å². The second-order valence-corrected chi connectivity index (χ2v) is 8.70. The molecule has 0 amide bonds. The van der Waals surface area contributed by atoms with Gasteiger partial charge in [-0.05, 0) is 78.1 Å². The van der Waals surface area contributed by atoms with Gasteiger partial charge in [0.05, 0.1) is 0 Å². The zero-order valence-electron chi connectivity index (χ0n) is 18.0. The minimum atomic E-state index is 1.10. The lowest BCUT2D eigenvalue weighted by atomic mass is 9.90. The van der Waals surface area contributed by atoms with Crippen LogP contribution in [0.4, 0.5) is 11.4 Å². The van der Waals surface area contributed by atoms with Crippen LogP contribution in [0.2, 0.25) is 0 Å². The van der Waals surface area contributed by atoms with Gasteiger partial charge in [-0.1, -0.05) is 97.1 Å². The Hall–Kier alpha value is -4.36. The van der Waals surface area contributed by atoms with E-state index < -0.39 is 0 Å². The van der Waals surface area contributed by atoms with Crippen LogP contribution in [0.1, 0.15) is 0 Å². The average Bonchev–Trinajstić information content (AvgIpc) is 2.88. The molecule has 154 valence electrons. The monoisotopic (exact) mass is 419 g/mol. The molecular weight excluding hydrogens is 398 g/mol. The fraction of sp³-hybridized carbons (Fsp3) is 0. The molecule has 7 aromatic carbocycles. The van der Waals surface area contributed by atoms with E-state index >= 15 is 0 Å². The van der Waals surface area contributed by atoms with Crippen molar-refractivity contribution >= 4 is 65.2 Å². The Morgan fingerprint density at radius 1 is 0.333 bits per heavy atom. The Labute approximate surface area is 191 Å². The van der Waals surface area contributed by atoms with Crippen LogP contribution in [-0.4, -0.2) is 0 Å². The Kier molecular flexibility index (Phi) is 3.91. The molecule has 0 saturated heterocycles. The summed E-state index contributed by atoms with van der Waals surface area (Å²) in [5.41, 5.74) is 2.20. The lowest BCUT2D eigenvalue weighted by Crippen LogP contribution is -1.90. The van der Waals surface area contributed by atoms with Crippen LogP contribution in [0.15, 0.2) is 121 Å². The molecule has 33 heavy (non-hydrogen) atoms. The molecule has 1 N–H and O–H groups in total. The number of hydrogen-bond acceptors (Lipinski definition) is 1. The summed E-state index contributed by atoms with van der Waals surface area (Å²) in [7, 11) is 0. The first kappa shape index (κ1) is 18.2. The van der Waals surface area contributed by atoms with Gasteiger partial charge < -0.3 is 5.32 Å². The second-order valence-electron chi connectivity index (χ2n) is 8.70. The van der Waals surface area contributed by atoms with Crippen LogP contribution in [0, 0.1) is 0 Å². The normalized spacial score (nSPS) is 11.6. The van der Waals surface area contributed by atoms with Gasteiger partial charge in [0.25, 0.3) is 0 Å². The minimum Gasteiger partial charge on any atom is -0.356 e. The van der Waals surface area contributed by atoms with Crippen LogP contribution in [-0.2, 0) is 0 Å². The summed E-state index contributed by atoms with van der Waals surface area (Å²) in [6.07, 6.45) is 0. The maximum absolute atomic E-state index is 3.54. The van der Waals surface area contributed by atoms with Gasteiger partial charge in [0.1, 0.15) is 0 Å². The van der Waals surface area contributed by atoms with E-state index in [-0.39, 0.29) is 0 Å². The zero-order valence-corrected chi connectivity index (χ0v) is 18.0. The van der Waals surface area contributed by atoms with E-state index in [2.05, 4.69) is 121 Å². The van der Waals surface area contributed by atoms with Gasteiger partial charge in [0.15, 0.2) is 0 Å². The molecule has 7 aromatic rings. The van der Waals surface area contributed by atoms with Gasteiger partial charge >= 0.3 is 0 Å². The molecule has 1 heteroatoms. The number of anilines is 2. The first-order valence-corrected chi connectivity index (χ1v) is 11.4. The molecule has 1 nitrogen and oxygen atoms in total. The molecule has 0 radical (unpaired) electrons. The number of nitrogens with one attached hydrogen (secondary N) is 1. The van der Waals surface area contributed by atoms with E-state index in [1.807, 2.05) is 6.07 Å². The fourth-order valence-corrected chi connectivity index (χ4v) is 5.23. The molecule has 0 bridgehead atoms. The van der Waals surface area contributed by atoms with E-state index in [0.29, 0.717) is 0 Å². The molecule has 7 rings (SSSR count). The average molecular weight is 420 g/mol. The predicted octanol–water partition coefficient (Wildman–Crippen LogP) is 9.20. The molecule has 0 aliphatic heterocycles. The Balaban J connectivity index is 1.58. The summed E-state index contributed by atoms with van der Waals surface area (Å²) >= 11 is 0. The van der Waals surface area contributed by atoms with Gasteiger partial charge in [-0.15, -0.1) is 0 Å². The SMILES string of the molecule is c1ccc(Nc2ccc3c(ccc4ccc5ccc6ccc7ccccc7c6c5c43)c2)cc1. The van der Waals surface area contributed by atoms with Crippen molar-refractivity contribution in [1.82, 2.24) is 0 Å². The largest absolute Gasteiger partial charge is 0.356 e. The Morgan fingerprint density at radius 2 is 0.879 bits per heavy atom. The minimum absolute atomic E-state index is 1.10. The summed E-state index contributed by atoms with van der Waals surface area (Å²) in [6.45, 7) is 0. The number of benzene rings is 7. The van der Waals surface area contributed by atoms with Crippen molar-refractivity contribution in [2.45, 2.75) is 0 Å². The predicted molar refractivity (Wildman–Crippen MR) is 144 cm³/mol. The molecular formula is C32H21N. The summed E-state index contributed by atoms with van der Waals surface area (Å²) in [6, 6.07) is 43.8.